The molecule has 2 unspecified atom stereocenters. The van der Waals surface area contributed by atoms with E-state index in [4.69, 9.17) is 16.7 Å². The Morgan fingerprint density at radius 3 is 2.56 bits per heavy atom. The predicted molar refractivity (Wildman–Crippen MR) is 103 cm³/mol. The molecular weight excluding hydrogens is 332 g/mol. The van der Waals surface area contributed by atoms with Crippen LogP contribution in [0.5, 0.6) is 0 Å². The first kappa shape index (κ1) is 16.4. The summed E-state index contributed by atoms with van der Waals surface area (Å²) in [5.41, 5.74) is 3.82. The van der Waals surface area contributed by atoms with E-state index in [2.05, 4.69) is 29.8 Å². The molecule has 5 heteroatoms. The summed E-state index contributed by atoms with van der Waals surface area (Å²) in [6, 6.07) is 12.0. The number of rotatable bonds is 2. The highest BCUT2D eigenvalue weighted by atomic mass is 35.5. The van der Waals surface area contributed by atoms with Crippen molar-refractivity contribution in [2.75, 3.05) is 18.0 Å². The Kier molecular flexibility index (Phi) is 4.16. The normalized spacial score (nSPS) is 21.0. The number of aryl methyl sites for hydroxylation is 1. The average Bonchev–Trinajstić information content (AvgIpc) is 2.97. The van der Waals surface area contributed by atoms with Crippen molar-refractivity contribution in [3.63, 3.8) is 0 Å². The average molecular weight is 355 g/mol. The topological polar surface area (TPSA) is 33.4 Å². The minimum absolute atomic E-state index is 0.690. The molecular formula is C20H23ClN4. The fourth-order valence-corrected chi connectivity index (χ4v) is 4.13. The minimum atomic E-state index is 0.690. The van der Waals surface area contributed by atoms with E-state index in [1.165, 1.54) is 6.42 Å². The number of aromatic nitrogens is 3. The van der Waals surface area contributed by atoms with Gasteiger partial charge in [-0.2, -0.15) is 9.61 Å². The molecule has 0 N–H and O–H groups in total. The lowest BCUT2D eigenvalue weighted by atomic mass is 9.92. The standard InChI is InChI=1S/C20H23ClN4/c1-13-7-14(2)12-24(11-13)20-8-15(3)22-19-10-18(23-25(19)20)16-5-4-6-17(21)9-16/h4-6,8-10,13-14H,7,11-12H2,1-3H3. The maximum atomic E-state index is 6.15. The molecule has 4 rings (SSSR count). The summed E-state index contributed by atoms with van der Waals surface area (Å²) in [5.74, 6) is 2.51. The third-order valence-electron chi connectivity index (χ3n) is 4.85. The number of halogens is 1. The van der Waals surface area contributed by atoms with E-state index < -0.39 is 0 Å². The molecule has 2 aromatic heterocycles. The molecule has 1 aromatic carbocycles. The van der Waals surface area contributed by atoms with E-state index in [0.717, 1.165) is 46.5 Å². The zero-order chi connectivity index (χ0) is 17.6. The van der Waals surface area contributed by atoms with Crippen molar-refractivity contribution in [1.82, 2.24) is 14.6 Å². The molecule has 0 amide bonds. The second-order valence-electron chi connectivity index (χ2n) is 7.42. The SMILES string of the molecule is Cc1cc(N2CC(C)CC(C)C2)n2nc(-c3cccc(Cl)c3)cc2n1. The molecule has 1 aliphatic rings. The summed E-state index contributed by atoms with van der Waals surface area (Å²) in [4.78, 5) is 7.13. The van der Waals surface area contributed by atoms with E-state index in [9.17, 15) is 0 Å². The van der Waals surface area contributed by atoms with E-state index in [0.29, 0.717) is 11.8 Å². The maximum absolute atomic E-state index is 6.15. The lowest BCUT2D eigenvalue weighted by Crippen LogP contribution is -2.39. The number of anilines is 1. The van der Waals surface area contributed by atoms with Crippen molar-refractivity contribution in [3.8, 4) is 11.3 Å². The van der Waals surface area contributed by atoms with Crippen LogP contribution in [0.2, 0.25) is 5.02 Å². The van der Waals surface area contributed by atoms with Gasteiger partial charge in [0.15, 0.2) is 5.65 Å². The Morgan fingerprint density at radius 1 is 1.08 bits per heavy atom. The molecule has 4 nitrogen and oxygen atoms in total. The summed E-state index contributed by atoms with van der Waals surface area (Å²) in [6.07, 6.45) is 1.29. The number of piperidine rings is 1. The highest BCUT2D eigenvalue weighted by Gasteiger charge is 2.24. The lowest BCUT2D eigenvalue weighted by Gasteiger charge is -2.36. The number of nitrogens with zero attached hydrogens (tertiary/aromatic N) is 4. The van der Waals surface area contributed by atoms with Crippen molar-refractivity contribution < 1.29 is 0 Å². The molecule has 25 heavy (non-hydrogen) atoms. The first-order valence-electron chi connectivity index (χ1n) is 8.88. The van der Waals surface area contributed by atoms with E-state index >= 15 is 0 Å². The molecule has 130 valence electrons. The number of benzene rings is 1. The van der Waals surface area contributed by atoms with Gasteiger partial charge in [-0.1, -0.05) is 37.6 Å². The highest BCUT2D eigenvalue weighted by Crippen LogP contribution is 2.29. The molecule has 0 spiro atoms. The van der Waals surface area contributed by atoms with Crippen LogP contribution in [0.15, 0.2) is 36.4 Å². The van der Waals surface area contributed by atoms with Gasteiger partial charge in [0, 0.05) is 41.5 Å². The summed E-state index contributed by atoms with van der Waals surface area (Å²) >= 11 is 6.15. The second-order valence-corrected chi connectivity index (χ2v) is 7.85. The van der Waals surface area contributed by atoms with Gasteiger partial charge in [0.1, 0.15) is 5.82 Å². The summed E-state index contributed by atoms with van der Waals surface area (Å²) in [5, 5.41) is 5.56. The zero-order valence-corrected chi connectivity index (χ0v) is 15.7. The van der Waals surface area contributed by atoms with Gasteiger partial charge in [-0.15, -0.1) is 0 Å². The van der Waals surface area contributed by atoms with Crippen LogP contribution in [-0.4, -0.2) is 27.7 Å². The van der Waals surface area contributed by atoms with Gasteiger partial charge in [-0.05, 0) is 37.3 Å². The van der Waals surface area contributed by atoms with Gasteiger partial charge in [0.05, 0.1) is 5.69 Å². The molecule has 3 heterocycles. The molecule has 3 aromatic rings. The number of hydrogen-bond donors (Lipinski definition) is 0. The van der Waals surface area contributed by atoms with Gasteiger partial charge in [-0.3, -0.25) is 0 Å². The Labute approximate surface area is 153 Å². The van der Waals surface area contributed by atoms with E-state index in [1.807, 2.05) is 41.8 Å². The van der Waals surface area contributed by atoms with Gasteiger partial charge < -0.3 is 4.90 Å². The van der Waals surface area contributed by atoms with Crippen LogP contribution in [-0.2, 0) is 0 Å². The third-order valence-corrected chi connectivity index (χ3v) is 5.08. The van der Waals surface area contributed by atoms with Crippen LogP contribution in [0.25, 0.3) is 16.9 Å². The van der Waals surface area contributed by atoms with Crippen molar-refractivity contribution in [1.29, 1.82) is 0 Å². The van der Waals surface area contributed by atoms with Crippen LogP contribution < -0.4 is 4.90 Å². The molecule has 1 aliphatic heterocycles. The Morgan fingerprint density at radius 2 is 1.84 bits per heavy atom. The van der Waals surface area contributed by atoms with Gasteiger partial charge >= 0.3 is 0 Å². The van der Waals surface area contributed by atoms with Crippen LogP contribution >= 0.6 is 11.6 Å². The molecule has 0 radical (unpaired) electrons. The Bertz CT molecular complexity index is 907. The van der Waals surface area contributed by atoms with Crippen LogP contribution in [0.1, 0.15) is 26.0 Å². The Hall–Kier alpha value is -2.07. The molecule has 0 saturated carbocycles. The highest BCUT2D eigenvalue weighted by molar-refractivity contribution is 6.30. The second kappa shape index (κ2) is 6.34. The first-order valence-corrected chi connectivity index (χ1v) is 9.25. The smallest absolute Gasteiger partial charge is 0.158 e. The first-order chi connectivity index (χ1) is 12.0. The van der Waals surface area contributed by atoms with Crippen LogP contribution in [0.3, 0.4) is 0 Å². The molecule has 0 aliphatic carbocycles. The molecule has 2 atom stereocenters. The van der Waals surface area contributed by atoms with Crippen LogP contribution in [0, 0.1) is 18.8 Å². The zero-order valence-electron chi connectivity index (χ0n) is 14.9. The lowest BCUT2D eigenvalue weighted by molar-refractivity contribution is 0.354. The number of hydrogen-bond acceptors (Lipinski definition) is 3. The minimum Gasteiger partial charge on any atom is -0.356 e. The molecule has 0 bridgehead atoms. The summed E-state index contributed by atoms with van der Waals surface area (Å²) in [6.45, 7) is 8.83. The number of fused-ring (bicyclic) bond motifs is 1. The van der Waals surface area contributed by atoms with Crippen molar-refractivity contribution in [2.24, 2.45) is 11.8 Å². The van der Waals surface area contributed by atoms with Gasteiger partial charge in [0.25, 0.3) is 0 Å². The van der Waals surface area contributed by atoms with E-state index in [-0.39, 0.29) is 0 Å². The van der Waals surface area contributed by atoms with E-state index in [1.54, 1.807) is 0 Å². The fraction of sp³-hybridized carbons (Fsp3) is 0.400. The van der Waals surface area contributed by atoms with Crippen molar-refractivity contribution in [3.05, 3.63) is 47.1 Å². The predicted octanol–water partition coefficient (Wildman–Crippen LogP) is 4.84. The van der Waals surface area contributed by atoms with Crippen LogP contribution in [0.4, 0.5) is 5.82 Å². The Balaban J connectivity index is 1.82. The largest absolute Gasteiger partial charge is 0.356 e. The summed E-state index contributed by atoms with van der Waals surface area (Å²) in [7, 11) is 0. The van der Waals surface area contributed by atoms with Crippen molar-refractivity contribution in [2.45, 2.75) is 27.2 Å². The van der Waals surface area contributed by atoms with Gasteiger partial charge in [0.2, 0.25) is 0 Å². The molecule has 1 fully saturated rings. The maximum Gasteiger partial charge on any atom is 0.158 e. The van der Waals surface area contributed by atoms with Crippen molar-refractivity contribution >= 4 is 23.1 Å². The molecule has 1 saturated heterocycles. The quantitative estimate of drug-likeness (QED) is 0.660. The third kappa shape index (κ3) is 3.23. The monoisotopic (exact) mass is 354 g/mol. The summed E-state index contributed by atoms with van der Waals surface area (Å²) < 4.78 is 1.98. The fourth-order valence-electron chi connectivity index (χ4n) is 3.94. The van der Waals surface area contributed by atoms with Gasteiger partial charge in [-0.25, -0.2) is 4.98 Å².